The highest BCUT2D eigenvalue weighted by molar-refractivity contribution is 6.35. The number of fused-ring (bicyclic) bond motifs is 1. The highest BCUT2D eigenvalue weighted by atomic mass is 35.5. The van der Waals surface area contributed by atoms with E-state index in [-0.39, 0.29) is 5.15 Å². The number of H-pyrrole nitrogens is 1. The van der Waals surface area contributed by atoms with Gasteiger partial charge in [0, 0.05) is 36.3 Å². The molecule has 4 aromatic rings. The van der Waals surface area contributed by atoms with Crippen molar-refractivity contribution in [2.24, 2.45) is 0 Å². The molecule has 0 radical (unpaired) electrons. The summed E-state index contributed by atoms with van der Waals surface area (Å²) < 4.78 is 11.7. The van der Waals surface area contributed by atoms with Gasteiger partial charge in [-0.1, -0.05) is 23.2 Å². The van der Waals surface area contributed by atoms with Crippen LogP contribution in [0.5, 0.6) is 11.5 Å². The van der Waals surface area contributed by atoms with Gasteiger partial charge in [-0.15, -0.1) is 5.10 Å². The lowest BCUT2D eigenvalue weighted by molar-refractivity contribution is 0.216. The van der Waals surface area contributed by atoms with E-state index in [0.717, 1.165) is 36.0 Å². The quantitative estimate of drug-likeness (QED) is 0.399. The highest BCUT2D eigenvalue weighted by Crippen LogP contribution is 2.40. The summed E-state index contributed by atoms with van der Waals surface area (Å²) in [5.74, 6) is 1.68. The van der Waals surface area contributed by atoms with Crippen LogP contribution in [0.1, 0.15) is 30.6 Å². The van der Waals surface area contributed by atoms with Crippen molar-refractivity contribution in [1.82, 2.24) is 25.4 Å². The molecule has 1 atom stereocenters. The Kier molecular flexibility index (Phi) is 5.86. The number of aromatic amines is 1. The third kappa shape index (κ3) is 3.85. The number of ether oxygens (including phenoxy) is 2. The standard InChI is InChI=1S/C23H19Cl2N7O2/c1-12(20-16(24)11-28-31-22(20)25)34-19-7-15-17(8-18(19)33-2)29-30-21(15)14-6-13(9-26)23(27-10-14)32-4-3-5-32/h6-8,10-12H,3-5H2,1-2H3,(H,29,30)/t12-/m1/s1. The maximum atomic E-state index is 9.67. The maximum Gasteiger partial charge on any atom is 0.162 e. The minimum absolute atomic E-state index is 0.168. The number of hydrogen-bond acceptors (Lipinski definition) is 8. The number of benzene rings is 1. The van der Waals surface area contributed by atoms with Gasteiger partial charge in [-0.25, -0.2) is 4.98 Å². The largest absolute Gasteiger partial charge is 0.493 e. The molecule has 1 saturated heterocycles. The van der Waals surface area contributed by atoms with Gasteiger partial charge in [0.2, 0.25) is 0 Å². The molecule has 1 N–H and O–H groups in total. The topological polar surface area (TPSA) is 113 Å². The molecule has 0 spiro atoms. The van der Waals surface area contributed by atoms with E-state index in [1.165, 1.54) is 6.20 Å². The normalized spacial score (nSPS) is 13.9. The van der Waals surface area contributed by atoms with Crippen LogP contribution in [0.3, 0.4) is 0 Å². The average Bonchev–Trinajstić information content (AvgIpc) is 3.20. The minimum atomic E-state index is -0.528. The molecule has 0 saturated carbocycles. The zero-order chi connectivity index (χ0) is 23.8. The molecule has 3 aromatic heterocycles. The van der Waals surface area contributed by atoms with Gasteiger partial charge in [0.15, 0.2) is 16.7 Å². The van der Waals surface area contributed by atoms with Gasteiger partial charge in [-0.05, 0) is 25.5 Å². The molecule has 172 valence electrons. The van der Waals surface area contributed by atoms with Gasteiger partial charge in [0.05, 0.1) is 35.0 Å². The first-order valence-corrected chi connectivity index (χ1v) is 11.3. The molecule has 34 heavy (non-hydrogen) atoms. The number of nitrogens with one attached hydrogen (secondary N) is 1. The molecule has 5 rings (SSSR count). The summed E-state index contributed by atoms with van der Waals surface area (Å²) in [7, 11) is 1.56. The number of hydrogen-bond donors (Lipinski definition) is 1. The van der Waals surface area contributed by atoms with E-state index in [0.29, 0.717) is 39.2 Å². The van der Waals surface area contributed by atoms with Crippen LogP contribution < -0.4 is 14.4 Å². The minimum Gasteiger partial charge on any atom is -0.493 e. The lowest BCUT2D eigenvalue weighted by Crippen LogP contribution is -2.38. The summed E-state index contributed by atoms with van der Waals surface area (Å²) in [6.45, 7) is 3.63. The Morgan fingerprint density at radius 1 is 1.18 bits per heavy atom. The van der Waals surface area contributed by atoms with Crippen molar-refractivity contribution in [3.05, 3.63) is 51.9 Å². The van der Waals surface area contributed by atoms with E-state index >= 15 is 0 Å². The molecular weight excluding hydrogens is 477 g/mol. The lowest BCUT2D eigenvalue weighted by atomic mass is 10.1. The van der Waals surface area contributed by atoms with Gasteiger partial charge in [0.1, 0.15) is 23.7 Å². The Morgan fingerprint density at radius 2 is 2.00 bits per heavy atom. The Hall–Kier alpha value is -3.61. The summed E-state index contributed by atoms with van der Waals surface area (Å²) in [5, 5.41) is 26.1. The van der Waals surface area contributed by atoms with E-state index in [2.05, 4.69) is 36.3 Å². The molecule has 4 heterocycles. The van der Waals surface area contributed by atoms with Crippen molar-refractivity contribution in [3.8, 4) is 28.8 Å². The number of rotatable bonds is 6. The second-order valence-electron chi connectivity index (χ2n) is 7.83. The van der Waals surface area contributed by atoms with Crippen LogP contribution >= 0.6 is 23.2 Å². The van der Waals surface area contributed by atoms with Crippen molar-refractivity contribution in [2.45, 2.75) is 19.4 Å². The highest BCUT2D eigenvalue weighted by Gasteiger charge is 2.23. The summed E-state index contributed by atoms with van der Waals surface area (Å²) >= 11 is 12.5. The van der Waals surface area contributed by atoms with Gasteiger partial charge in [-0.2, -0.15) is 15.5 Å². The molecule has 1 aliphatic heterocycles. The fourth-order valence-electron chi connectivity index (χ4n) is 3.91. The molecule has 1 aliphatic rings. The molecule has 0 aliphatic carbocycles. The summed E-state index contributed by atoms with van der Waals surface area (Å²) in [4.78, 5) is 6.64. The fourth-order valence-corrected chi connectivity index (χ4v) is 4.54. The maximum absolute atomic E-state index is 9.67. The zero-order valence-electron chi connectivity index (χ0n) is 18.3. The first kappa shape index (κ1) is 22.2. The number of halogens is 2. The van der Waals surface area contributed by atoms with Gasteiger partial charge in [0.25, 0.3) is 0 Å². The number of nitriles is 1. The molecule has 0 amide bonds. The van der Waals surface area contributed by atoms with E-state index < -0.39 is 6.10 Å². The van der Waals surface area contributed by atoms with Gasteiger partial charge < -0.3 is 14.4 Å². The van der Waals surface area contributed by atoms with E-state index in [1.54, 1.807) is 19.4 Å². The number of pyridine rings is 1. The van der Waals surface area contributed by atoms with Crippen molar-refractivity contribution >= 4 is 39.9 Å². The van der Waals surface area contributed by atoms with Crippen LogP contribution in [0.2, 0.25) is 10.2 Å². The number of methoxy groups -OCH3 is 1. The second-order valence-corrected chi connectivity index (χ2v) is 8.59. The van der Waals surface area contributed by atoms with Crippen LogP contribution in [0, 0.1) is 11.3 Å². The van der Waals surface area contributed by atoms with Crippen LogP contribution in [0.4, 0.5) is 5.82 Å². The molecule has 1 fully saturated rings. The fraction of sp³-hybridized carbons (Fsp3) is 0.261. The first-order valence-electron chi connectivity index (χ1n) is 10.5. The number of anilines is 1. The molecular formula is C23H19Cl2N7O2. The van der Waals surface area contributed by atoms with Crippen LogP contribution in [0.25, 0.3) is 22.2 Å². The lowest BCUT2D eigenvalue weighted by Gasteiger charge is -2.32. The Labute approximate surface area is 205 Å². The monoisotopic (exact) mass is 495 g/mol. The smallest absolute Gasteiger partial charge is 0.162 e. The summed E-state index contributed by atoms with van der Waals surface area (Å²) in [6, 6.07) is 7.70. The predicted octanol–water partition coefficient (Wildman–Crippen LogP) is 4.95. The molecule has 9 nitrogen and oxygen atoms in total. The molecule has 11 heteroatoms. The first-order chi connectivity index (χ1) is 16.5. The number of aromatic nitrogens is 5. The van der Waals surface area contributed by atoms with Crippen molar-refractivity contribution in [1.29, 1.82) is 5.26 Å². The Balaban J connectivity index is 1.55. The third-order valence-corrected chi connectivity index (χ3v) is 6.35. The Morgan fingerprint density at radius 3 is 2.68 bits per heavy atom. The molecule has 0 unspecified atom stereocenters. The van der Waals surface area contributed by atoms with Gasteiger partial charge >= 0.3 is 0 Å². The van der Waals surface area contributed by atoms with Gasteiger partial charge in [-0.3, -0.25) is 5.10 Å². The Bertz CT molecular complexity index is 1410. The SMILES string of the molecule is COc1cc2[nH]nc(-c3cnc(N4CCC4)c(C#N)c3)c2cc1O[C@H](C)c1c(Cl)cnnc1Cl. The van der Waals surface area contributed by atoms with Crippen molar-refractivity contribution in [3.63, 3.8) is 0 Å². The average molecular weight is 496 g/mol. The van der Waals surface area contributed by atoms with Crippen LogP contribution in [-0.2, 0) is 0 Å². The van der Waals surface area contributed by atoms with Crippen molar-refractivity contribution in [2.75, 3.05) is 25.1 Å². The van der Waals surface area contributed by atoms with E-state index in [1.807, 2.05) is 19.1 Å². The molecule has 1 aromatic carbocycles. The zero-order valence-corrected chi connectivity index (χ0v) is 19.9. The third-order valence-electron chi connectivity index (χ3n) is 5.77. The van der Waals surface area contributed by atoms with Crippen LogP contribution in [0.15, 0.2) is 30.6 Å². The predicted molar refractivity (Wildman–Crippen MR) is 129 cm³/mol. The van der Waals surface area contributed by atoms with Crippen molar-refractivity contribution < 1.29 is 9.47 Å². The van der Waals surface area contributed by atoms with E-state index in [9.17, 15) is 5.26 Å². The van der Waals surface area contributed by atoms with Crippen LogP contribution in [-0.4, -0.2) is 45.6 Å². The second kappa shape index (κ2) is 8.97. The number of nitrogens with zero attached hydrogens (tertiary/aromatic N) is 6. The molecule has 0 bridgehead atoms. The summed E-state index contributed by atoms with van der Waals surface area (Å²) in [5.41, 5.74) is 3.16. The summed E-state index contributed by atoms with van der Waals surface area (Å²) in [6.07, 6.45) is 3.73. The van der Waals surface area contributed by atoms with E-state index in [4.69, 9.17) is 32.7 Å².